The third-order valence-electron chi connectivity index (χ3n) is 4.96. The molecule has 0 atom stereocenters. The lowest BCUT2D eigenvalue weighted by molar-refractivity contribution is 0.0731. The molecular formula is C21H23N5O2. The fourth-order valence-corrected chi connectivity index (χ4v) is 3.38. The third kappa shape index (κ3) is 4.09. The number of aliphatic hydroxyl groups is 1. The second-order valence-corrected chi connectivity index (χ2v) is 7.12. The first kappa shape index (κ1) is 18.3. The van der Waals surface area contributed by atoms with Gasteiger partial charge in [0.25, 0.3) is 5.56 Å². The summed E-state index contributed by atoms with van der Waals surface area (Å²) in [6.07, 6.45) is 1.29. The molecule has 144 valence electrons. The van der Waals surface area contributed by atoms with Crippen LogP contribution in [0.15, 0.2) is 53.3 Å². The summed E-state index contributed by atoms with van der Waals surface area (Å²) < 4.78 is 1.46. The van der Waals surface area contributed by atoms with E-state index in [9.17, 15) is 9.90 Å². The van der Waals surface area contributed by atoms with Crippen LogP contribution in [-0.4, -0.2) is 37.5 Å². The zero-order chi connectivity index (χ0) is 19.5. The van der Waals surface area contributed by atoms with Gasteiger partial charge in [0.15, 0.2) is 0 Å². The van der Waals surface area contributed by atoms with Crippen molar-refractivity contribution in [2.75, 3.05) is 11.9 Å². The molecule has 1 saturated carbocycles. The van der Waals surface area contributed by atoms with Crippen molar-refractivity contribution in [2.24, 2.45) is 0 Å². The van der Waals surface area contributed by atoms with Crippen molar-refractivity contribution < 1.29 is 5.11 Å². The molecule has 2 heterocycles. The molecular weight excluding hydrogens is 354 g/mol. The van der Waals surface area contributed by atoms with Gasteiger partial charge in [-0.15, -0.1) is 0 Å². The van der Waals surface area contributed by atoms with Crippen LogP contribution in [0.25, 0.3) is 11.3 Å². The van der Waals surface area contributed by atoms with Crippen LogP contribution in [0.3, 0.4) is 0 Å². The van der Waals surface area contributed by atoms with Crippen LogP contribution in [-0.2, 0) is 6.54 Å². The maximum absolute atomic E-state index is 12.1. The van der Waals surface area contributed by atoms with Crippen LogP contribution in [0.4, 0.5) is 5.82 Å². The normalized spacial score (nSPS) is 18.5. The van der Waals surface area contributed by atoms with Gasteiger partial charge in [-0.25, -0.2) is 14.6 Å². The minimum atomic E-state index is -0.216. The van der Waals surface area contributed by atoms with E-state index in [1.807, 2.05) is 43.3 Å². The zero-order valence-electron chi connectivity index (χ0n) is 15.7. The van der Waals surface area contributed by atoms with Gasteiger partial charge in [0.2, 0.25) is 0 Å². The predicted octanol–water partition coefficient (Wildman–Crippen LogP) is 2.36. The molecule has 0 spiro atoms. The Morgan fingerprint density at radius 3 is 2.68 bits per heavy atom. The van der Waals surface area contributed by atoms with Crippen molar-refractivity contribution >= 4 is 5.82 Å². The van der Waals surface area contributed by atoms with Gasteiger partial charge < -0.3 is 10.4 Å². The lowest BCUT2D eigenvalue weighted by atomic mass is 9.80. The van der Waals surface area contributed by atoms with Gasteiger partial charge in [0.05, 0.1) is 18.3 Å². The minimum Gasteiger partial charge on any atom is -0.393 e. The average Bonchev–Trinajstić information content (AvgIpc) is 2.67. The van der Waals surface area contributed by atoms with E-state index >= 15 is 0 Å². The second-order valence-electron chi connectivity index (χ2n) is 7.12. The predicted molar refractivity (Wildman–Crippen MR) is 107 cm³/mol. The van der Waals surface area contributed by atoms with Gasteiger partial charge in [-0.05, 0) is 25.8 Å². The van der Waals surface area contributed by atoms with E-state index in [2.05, 4.69) is 20.4 Å². The van der Waals surface area contributed by atoms with Gasteiger partial charge in [0, 0.05) is 35.9 Å². The number of rotatable bonds is 6. The standard InChI is InChI=1S/C21H23N5O2/c1-14-23-19(16-11-17(27)12-16)13-20(24-14)22-9-10-26-21(28)8-7-18(25-26)15-5-3-2-4-6-15/h2-8,13,16-17,27H,9-12H2,1H3,(H,22,23,24). The largest absolute Gasteiger partial charge is 0.393 e. The number of hydrogen-bond acceptors (Lipinski definition) is 6. The Kier molecular flexibility index (Phi) is 5.16. The topological polar surface area (TPSA) is 92.9 Å². The molecule has 4 rings (SSSR count). The zero-order valence-corrected chi connectivity index (χ0v) is 15.7. The fourth-order valence-electron chi connectivity index (χ4n) is 3.38. The number of benzene rings is 1. The molecule has 7 nitrogen and oxygen atoms in total. The van der Waals surface area contributed by atoms with Gasteiger partial charge in [-0.3, -0.25) is 4.79 Å². The van der Waals surface area contributed by atoms with Crippen LogP contribution in [0.1, 0.15) is 30.3 Å². The fraction of sp³-hybridized carbons (Fsp3) is 0.333. The average molecular weight is 377 g/mol. The molecule has 0 bridgehead atoms. The maximum atomic E-state index is 12.1. The first-order valence-corrected chi connectivity index (χ1v) is 9.49. The molecule has 0 amide bonds. The van der Waals surface area contributed by atoms with Gasteiger partial charge >= 0.3 is 0 Å². The van der Waals surface area contributed by atoms with Crippen molar-refractivity contribution in [1.29, 1.82) is 0 Å². The summed E-state index contributed by atoms with van der Waals surface area (Å²) in [7, 11) is 0. The first-order valence-electron chi connectivity index (χ1n) is 9.49. The second kappa shape index (κ2) is 7.90. The lowest BCUT2D eigenvalue weighted by Crippen LogP contribution is -2.28. The molecule has 1 aliphatic carbocycles. The van der Waals surface area contributed by atoms with Crippen LogP contribution >= 0.6 is 0 Å². The Hall–Kier alpha value is -3.06. The van der Waals surface area contributed by atoms with E-state index < -0.39 is 0 Å². The van der Waals surface area contributed by atoms with Crippen molar-refractivity contribution in [1.82, 2.24) is 19.7 Å². The number of aliphatic hydroxyl groups excluding tert-OH is 1. The van der Waals surface area contributed by atoms with Crippen LogP contribution < -0.4 is 10.9 Å². The summed E-state index contributed by atoms with van der Waals surface area (Å²) in [4.78, 5) is 21.0. The highest BCUT2D eigenvalue weighted by molar-refractivity contribution is 5.57. The van der Waals surface area contributed by atoms with E-state index in [1.54, 1.807) is 12.1 Å². The van der Waals surface area contributed by atoms with E-state index in [1.165, 1.54) is 4.68 Å². The Bertz CT molecular complexity index is 1010. The van der Waals surface area contributed by atoms with Crippen LogP contribution in [0.2, 0.25) is 0 Å². The molecule has 1 fully saturated rings. The summed E-state index contributed by atoms with van der Waals surface area (Å²) in [5.41, 5.74) is 2.57. The minimum absolute atomic E-state index is 0.135. The Labute approximate surface area is 163 Å². The summed E-state index contributed by atoms with van der Waals surface area (Å²) in [6.45, 7) is 2.81. The monoisotopic (exact) mass is 377 g/mol. The van der Waals surface area contributed by atoms with Crippen molar-refractivity contribution in [3.8, 4) is 11.3 Å². The molecule has 28 heavy (non-hydrogen) atoms. The molecule has 3 aromatic rings. The molecule has 2 aromatic heterocycles. The highest BCUT2D eigenvalue weighted by Gasteiger charge is 2.30. The summed E-state index contributed by atoms with van der Waals surface area (Å²) in [6, 6.07) is 15.0. The van der Waals surface area contributed by atoms with Crippen LogP contribution in [0.5, 0.6) is 0 Å². The van der Waals surface area contributed by atoms with E-state index in [-0.39, 0.29) is 11.7 Å². The number of hydrogen-bond donors (Lipinski definition) is 2. The highest BCUT2D eigenvalue weighted by Crippen LogP contribution is 2.36. The molecule has 1 aromatic carbocycles. The maximum Gasteiger partial charge on any atom is 0.266 e. The molecule has 2 N–H and O–H groups in total. The molecule has 0 unspecified atom stereocenters. The van der Waals surface area contributed by atoms with Crippen LogP contribution in [0, 0.1) is 6.92 Å². The molecule has 0 aliphatic heterocycles. The number of nitrogens with one attached hydrogen (secondary N) is 1. The smallest absolute Gasteiger partial charge is 0.266 e. The van der Waals surface area contributed by atoms with Gasteiger partial charge in [-0.1, -0.05) is 30.3 Å². The van der Waals surface area contributed by atoms with Gasteiger partial charge in [-0.2, -0.15) is 5.10 Å². The Morgan fingerprint density at radius 2 is 1.93 bits per heavy atom. The van der Waals surface area contributed by atoms with E-state index in [0.717, 1.165) is 35.6 Å². The third-order valence-corrected chi connectivity index (χ3v) is 4.96. The van der Waals surface area contributed by atoms with Crippen molar-refractivity contribution in [3.63, 3.8) is 0 Å². The van der Waals surface area contributed by atoms with E-state index in [4.69, 9.17) is 0 Å². The van der Waals surface area contributed by atoms with Gasteiger partial charge in [0.1, 0.15) is 11.6 Å². The highest BCUT2D eigenvalue weighted by atomic mass is 16.3. The summed E-state index contributed by atoms with van der Waals surface area (Å²) >= 11 is 0. The number of aryl methyl sites for hydroxylation is 1. The Morgan fingerprint density at radius 1 is 1.14 bits per heavy atom. The number of nitrogens with zero attached hydrogens (tertiary/aromatic N) is 4. The van der Waals surface area contributed by atoms with E-state index in [0.29, 0.717) is 24.8 Å². The molecule has 1 aliphatic rings. The molecule has 0 radical (unpaired) electrons. The molecule has 0 saturated heterocycles. The first-order chi connectivity index (χ1) is 13.6. The summed E-state index contributed by atoms with van der Waals surface area (Å²) in [5, 5.41) is 17.3. The number of aromatic nitrogens is 4. The van der Waals surface area contributed by atoms with Crippen molar-refractivity contribution in [3.05, 3.63) is 70.4 Å². The Balaban J connectivity index is 1.43. The quantitative estimate of drug-likeness (QED) is 0.685. The van der Waals surface area contributed by atoms with Crippen molar-refractivity contribution in [2.45, 2.75) is 38.3 Å². The SMILES string of the molecule is Cc1nc(NCCn2nc(-c3ccccc3)ccc2=O)cc(C2CC(O)C2)n1. The molecule has 7 heteroatoms. The number of anilines is 1. The summed E-state index contributed by atoms with van der Waals surface area (Å²) in [5.74, 6) is 1.72. The lowest BCUT2D eigenvalue weighted by Gasteiger charge is -2.31.